The number of esters is 1. The van der Waals surface area contributed by atoms with Gasteiger partial charge in [-0.1, -0.05) is 84.0 Å². The molecule has 2 atom stereocenters. The van der Waals surface area contributed by atoms with Crippen molar-refractivity contribution >= 4 is 35.5 Å². The summed E-state index contributed by atoms with van der Waals surface area (Å²) in [5.41, 5.74) is 0. The van der Waals surface area contributed by atoms with E-state index in [1.54, 1.807) is 0 Å². The number of carbonyl (C=O) groups is 1. The van der Waals surface area contributed by atoms with Gasteiger partial charge >= 0.3 is 5.97 Å². The monoisotopic (exact) mass is 381 g/mol. The number of aliphatic hydroxyl groups is 2. The smallest absolute Gasteiger partial charge is 0.334 e. The van der Waals surface area contributed by atoms with Crippen molar-refractivity contribution in [3.8, 4) is 0 Å². The van der Waals surface area contributed by atoms with Crippen LogP contribution in [0.2, 0.25) is 0 Å². The molecule has 1 radical (unpaired) electrons. The van der Waals surface area contributed by atoms with E-state index in [1.165, 1.54) is 71.1 Å². The standard InChI is InChI=1S/C21H42O4.Na/c1-3-4-5-13-16-20(23)17-14-11-9-7-6-8-10-12-15-18-25-21(24)19(2)22;/h19-20,22-23H,3-18H2,1-2H3;. The van der Waals surface area contributed by atoms with E-state index in [9.17, 15) is 9.90 Å². The van der Waals surface area contributed by atoms with Crippen molar-refractivity contribution in [1.29, 1.82) is 0 Å². The van der Waals surface area contributed by atoms with Crippen molar-refractivity contribution < 1.29 is 19.7 Å². The maximum Gasteiger partial charge on any atom is 0.334 e. The average Bonchev–Trinajstić information content (AvgIpc) is 2.59. The van der Waals surface area contributed by atoms with Crippen molar-refractivity contribution in [2.24, 2.45) is 0 Å². The van der Waals surface area contributed by atoms with Gasteiger partial charge in [-0.3, -0.25) is 0 Å². The number of rotatable bonds is 18. The number of aliphatic hydroxyl groups excluding tert-OH is 2. The Kier molecular flexibility index (Phi) is 23.9. The summed E-state index contributed by atoms with van der Waals surface area (Å²) in [6.45, 7) is 4.06. The van der Waals surface area contributed by atoms with Crippen LogP contribution in [0.15, 0.2) is 0 Å². The quantitative estimate of drug-likeness (QED) is 0.204. The van der Waals surface area contributed by atoms with E-state index >= 15 is 0 Å². The van der Waals surface area contributed by atoms with Crippen LogP contribution in [0.3, 0.4) is 0 Å². The summed E-state index contributed by atoms with van der Waals surface area (Å²) in [5, 5.41) is 18.9. The fourth-order valence-corrected chi connectivity index (χ4v) is 2.96. The van der Waals surface area contributed by atoms with Gasteiger partial charge in [0.1, 0.15) is 6.10 Å². The zero-order valence-electron chi connectivity index (χ0n) is 17.7. The first-order chi connectivity index (χ1) is 12.1. The molecule has 0 aliphatic carbocycles. The average molecular weight is 382 g/mol. The molecule has 2 unspecified atom stereocenters. The molecule has 0 heterocycles. The Labute approximate surface area is 183 Å². The van der Waals surface area contributed by atoms with Gasteiger partial charge in [-0.25, -0.2) is 4.79 Å². The van der Waals surface area contributed by atoms with Gasteiger partial charge in [0.25, 0.3) is 0 Å². The molecule has 151 valence electrons. The molecular weight excluding hydrogens is 339 g/mol. The van der Waals surface area contributed by atoms with Gasteiger partial charge < -0.3 is 14.9 Å². The van der Waals surface area contributed by atoms with Crippen molar-refractivity contribution in [1.82, 2.24) is 0 Å². The summed E-state index contributed by atoms with van der Waals surface area (Å²) < 4.78 is 4.92. The summed E-state index contributed by atoms with van der Waals surface area (Å²) in [4.78, 5) is 11.0. The zero-order chi connectivity index (χ0) is 18.8. The second kappa shape index (κ2) is 21.7. The van der Waals surface area contributed by atoms with Crippen LogP contribution in [0.25, 0.3) is 0 Å². The first-order valence-electron chi connectivity index (χ1n) is 10.6. The van der Waals surface area contributed by atoms with Gasteiger partial charge in [0.15, 0.2) is 0 Å². The SMILES string of the molecule is CCCCCCC(O)CCCCCCCCCCCOC(=O)C(C)O.[Na]. The fraction of sp³-hybridized carbons (Fsp3) is 0.952. The molecule has 0 aromatic carbocycles. The number of ether oxygens (including phenoxy) is 1. The van der Waals surface area contributed by atoms with Gasteiger partial charge in [0.2, 0.25) is 0 Å². The minimum Gasteiger partial charge on any atom is -0.464 e. The minimum atomic E-state index is -1.01. The Bertz CT molecular complexity index is 298. The minimum absolute atomic E-state index is 0. The van der Waals surface area contributed by atoms with E-state index in [0.29, 0.717) is 6.61 Å². The Balaban J connectivity index is 0. The van der Waals surface area contributed by atoms with Crippen LogP contribution in [0.5, 0.6) is 0 Å². The molecule has 0 bridgehead atoms. The maximum atomic E-state index is 11.0. The molecule has 4 nitrogen and oxygen atoms in total. The van der Waals surface area contributed by atoms with Crippen LogP contribution in [-0.2, 0) is 9.53 Å². The predicted molar refractivity (Wildman–Crippen MR) is 109 cm³/mol. The Morgan fingerprint density at radius 3 is 1.65 bits per heavy atom. The predicted octanol–water partition coefficient (Wildman–Crippen LogP) is 4.76. The largest absolute Gasteiger partial charge is 0.464 e. The van der Waals surface area contributed by atoms with Crippen LogP contribution in [0.4, 0.5) is 0 Å². The topological polar surface area (TPSA) is 66.8 Å². The molecule has 5 heteroatoms. The van der Waals surface area contributed by atoms with Crippen LogP contribution in [-0.4, -0.2) is 64.6 Å². The molecule has 0 spiro atoms. The van der Waals surface area contributed by atoms with E-state index in [4.69, 9.17) is 9.84 Å². The normalized spacial score (nSPS) is 13.1. The van der Waals surface area contributed by atoms with Gasteiger partial charge in [0.05, 0.1) is 12.7 Å². The Hall–Kier alpha value is 0.390. The third-order valence-electron chi connectivity index (χ3n) is 4.66. The molecule has 0 aromatic rings. The molecule has 0 rings (SSSR count). The van der Waals surface area contributed by atoms with Crippen molar-refractivity contribution in [3.05, 3.63) is 0 Å². The number of hydrogen-bond donors (Lipinski definition) is 2. The van der Waals surface area contributed by atoms with Gasteiger partial charge in [0, 0.05) is 29.6 Å². The van der Waals surface area contributed by atoms with Crippen LogP contribution < -0.4 is 0 Å². The molecule has 2 N–H and O–H groups in total. The first-order valence-corrected chi connectivity index (χ1v) is 10.6. The van der Waals surface area contributed by atoms with Crippen LogP contribution >= 0.6 is 0 Å². The van der Waals surface area contributed by atoms with E-state index < -0.39 is 12.1 Å². The molecule has 0 aliphatic heterocycles. The summed E-state index contributed by atoms with van der Waals surface area (Å²) in [6.07, 6.45) is 16.4. The summed E-state index contributed by atoms with van der Waals surface area (Å²) in [6, 6.07) is 0. The van der Waals surface area contributed by atoms with Crippen molar-refractivity contribution in [2.75, 3.05) is 6.61 Å². The summed E-state index contributed by atoms with van der Waals surface area (Å²) in [5.74, 6) is -0.522. The van der Waals surface area contributed by atoms with Crippen molar-refractivity contribution in [3.63, 3.8) is 0 Å². The molecule has 0 amide bonds. The number of carbonyl (C=O) groups excluding carboxylic acids is 1. The summed E-state index contributed by atoms with van der Waals surface area (Å²) in [7, 11) is 0. The van der Waals surface area contributed by atoms with E-state index in [0.717, 1.165) is 32.1 Å². The molecular formula is C21H42NaO4. The van der Waals surface area contributed by atoms with E-state index in [1.807, 2.05) is 0 Å². The second-order valence-corrected chi connectivity index (χ2v) is 7.32. The Morgan fingerprint density at radius 1 is 0.769 bits per heavy atom. The van der Waals surface area contributed by atoms with Crippen LogP contribution in [0.1, 0.15) is 110 Å². The van der Waals surface area contributed by atoms with E-state index in [2.05, 4.69) is 6.92 Å². The molecule has 0 fully saturated rings. The van der Waals surface area contributed by atoms with E-state index in [-0.39, 0.29) is 35.7 Å². The van der Waals surface area contributed by atoms with Crippen molar-refractivity contribution in [2.45, 2.75) is 122 Å². The van der Waals surface area contributed by atoms with Crippen LogP contribution in [0, 0.1) is 0 Å². The third kappa shape index (κ3) is 20.7. The number of hydrogen-bond acceptors (Lipinski definition) is 4. The Morgan fingerprint density at radius 2 is 1.19 bits per heavy atom. The molecule has 0 aliphatic rings. The van der Waals surface area contributed by atoms with Gasteiger partial charge in [-0.15, -0.1) is 0 Å². The molecule has 0 saturated heterocycles. The third-order valence-corrected chi connectivity index (χ3v) is 4.66. The number of unbranched alkanes of at least 4 members (excludes halogenated alkanes) is 11. The second-order valence-electron chi connectivity index (χ2n) is 7.32. The fourth-order valence-electron chi connectivity index (χ4n) is 2.96. The summed E-state index contributed by atoms with van der Waals surface area (Å²) >= 11 is 0. The first kappa shape index (κ1) is 28.6. The molecule has 0 aromatic heterocycles. The van der Waals surface area contributed by atoms with Gasteiger partial charge in [-0.2, -0.15) is 0 Å². The molecule has 26 heavy (non-hydrogen) atoms. The zero-order valence-corrected chi connectivity index (χ0v) is 19.7. The molecule has 0 saturated carbocycles. The van der Waals surface area contributed by atoms with Gasteiger partial charge in [-0.05, 0) is 26.2 Å². The maximum absolute atomic E-state index is 11.0.